The lowest BCUT2D eigenvalue weighted by molar-refractivity contribution is -0.150. The summed E-state index contributed by atoms with van der Waals surface area (Å²) < 4.78 is 5.48. The number of aromatic nitrogens is 1. The van der Waals surface area contributed by atoms with Crippen molar-refractivity contribution in [3.63, 3.8) is 0 Å². The van der Waals surface area contributed by atoms with Crippen molar-refractivity contribution in [3.05, 3.63) is 16.1 Å². The van der Waals surface area contributed by atoms with Crippen molar-refractivity contribution in [1.29, 1.82) is 0 Å². The molecule has 0 N–H and O–H groups in total. The molecule has 0 radical (unpaired) electrons. The van der Waals surface area contributed by atoms with Crippen LogP contribution in [0.2, 0.25) is 0 Å². The van der Waals surface area contributed by atoms with Gasteiger partial charge in [0.15, 0.2) is 0 Å². The molecule has 1 aromatic rings. The molecule has 0 aromatic carbocycles. The molecule has 1 aromatic heterocycles. The predicted octanol–water partition coefficient (Wildman–Crippen LogP) is 2.45. The first-order valence-corrected chi connectivity index (χ1v) is 10.1. The summed E-state index contributed by atoms with van der Waals surface area (Å²) in [6.45, 7) is 7.41. The van der Waals surface area contributed by atoms with Gasteiger partial charge in [-0.2, -0.15) is 0 Å². The molecule has 6 heteroatoms. The molecule has 3 fully saturated rings. The van der Waals surface area contributed by atoms with Crippen LogP contribution in [0.4, 0.5) is 0 Å². The first-order chi connectivity index (χ1) is 11.7. The third-order valence-electron chi connectivity index (χ3n) is 5.86. The van der Waals surface area contributed by atoms with Crippen LogP contribution in [0.3, 0.4) is 0 Å². The van der Waals surface area contributed by atoms with Gasteiger partial charge >= 0.3 is 0 Å². The molecule has 3 aliphatic heterocycles. The summed E-state index contributed by atoms with van der Waals surface area (Å²) in [5.41, 5.74) is 0.964. The number of carbonyl (C=O) groups excluding carboxylic acids is 1. The lowest BCUT2D eigenvalue weighted by Crippen LogP contribution is -2.54. The first-order valence-electron chi connectivity index (χ1n) is 9.18. The maximum Gasteiger partial charge on any atom is 0.230 e. The quantitative estimate of drug-likeness (QED) is 0.841. The van der Waals surface area contributed by atoms with Crippen molar-refractivity contribution in [2.24, 2.45) is 5.41 Å². The van der Waals surface area contributed by atoms with Crippen LogP contribution < -0.4 is 0 Å². The van der Waals surface area contributed by atoms with Gasteiger partial charge in [0.05, 0.1) is 12.0 Å². The molecular formula is C18H27N3O2S. The van der Waals surface area contributed by atoms with Gasteiger partial charge in [0.1, 0.15) is 5.01 Å². The van der Waals surface area contributed by atoms with E-state index < -0.39 is 0 Å². The third-order valence-corrected chi connectivity index (χ3v) is 6.81. The van der Waals surface area contributed by atoms with Crippen molar-refractivity contribution in [2.45, 2.75) is 51.6 Å². The minimum Gasteiger partial charge on any atom is -0.381 e. The van der Waals surface area contributed by atoms with Crippen LogP contribution in [0.15, 0.2) is 5.38 Å². The number of piperidine rings is 1. The Hall–Kier alpha value is -0.980. The number of rotatable bonds is 3. The van der Waals surface area contributed by atoms with Gasteiger partial charge in [-0.05, 0) is 45.6 Å². The fourth-order valence-corrected chi connectivity index (χ4v) is 5.40. The molecule has 3 saturated heterocycles. The first kappa shape index (κ1) is 16.5. The number of ether oxygens (including phenoxy) is 1. The van der Waals surface area contributed by atoms with Crippen molar-refractivity contribution in [3.8, 4) is 0 Å². The average molecular weight is 350 g/mol. The number of likely N-dealkylation sites (tertiary alicyclic amines) is 2. The molecule has 4 rings (SSSR count). The highest BCUT2D eigenvalue weighted by Gasteiger charge is 2.49. The molecule has 1 amide bonds. The monoisotopic (exact) mass is 349 g/mol. The van der Waals surface area contributed by atoms with Gasteiger partial charge in [-0.25, -0.2) is 4.98 Å². The molecular weight excluding hydrogens is 322 g/mol. The standard InChI is InChI=1S/C18H27N3O2S/c1-14-12-24-16(19-14)11-20-8-6-18(13-20)5-2-7-21(17(18)22)15-3-9-23-10-4-15/h12,15H,2-11,13H2,1H3. The number of hydrogen-bond acceptors (Lipinski definition) is 5. The zero-order valence-corrected chi connectivity index (χ0v) is 15.3. The summed E-state index contributed by atoms with van der Waals surface area (Å²) in [4.78, 5) is 22.5. The van der Waals surface area contributed by atoms with Crippen LogP contribution in [0.25, 0.3) is 0 Å². The van der Waals surface area contributed by atoms with Gasteiger partial charge in [-0.15, -0.1) is 11.3 Å². The number of carbonyl (C=O) groups is 1. The number of aryl methyl sites for hydroxylation is 1. The minimum atomic E-state index is -0.136. The Labute approximate surface area is 148 Å². The van der Waals surface area contributed by atoms with Gasteiger partial charge in [0.25, 0.3) is 0 Å². The van der Waals surface area contributed by atoms with Crippen LogP contribution >= 0.6 is 11.3 Å². The van der Waals surface area contributed by atoms with E-state index in [1.807, 2.05) is 6.92 Å². The van der Waals surface area contributed by atoms with E-state index in [0.717, 1.165) is 77.2 Å². The fraction of sp³-hybridized carbons (Fsp3) is 0.778. The fourth-order valence-electron chi connectivity index (χ4n) is 4.58. The van der Waals surface area contributed by atoms with Crippen molar-refractivity contribution < 1.29 is 9.53 Å². The Morgan fingerprint density at radius 2 is 2.17 bits per heavy atom. The zero-order valence-electron chi connectivity index (χ0n) is 14.5. The van der Waals surface area contributed by atoms with Gasteiger partial charge in [-0.3, -0.25) is 9.69 Å². The summed E-state index contributed by atoms with van der Waals surface area (Å²) in [5, 5.41) is 3.29. The Morgan fingerprint density at radius 1 is 1.33 bits per heavy atom. The molecule has 0 aliphatic carbocycles. The summed E-state index contributed by atoms with van der Waals surface area (Å²) in [5.74, 6) is 0.415. The van der Waals surface area contributed by atoms with E-state index >= 15 is 0 Å². The van der Waals surface area contributed by atoms with Crippen molar-refractivity contribution >= 4 is 17.2 Å². The highest BCUT2D eigenvalue weighted by molar-refractivity contribution is 7.09. The molecule has 5 nitrogen and oxygen atoms in total. The summed E-state index contributed by atoms with van der Waals surface area (Å²) in [6.07, 6.45) is 5.22. The van der Waals surface area contributed by atoms with Gasteiger partial charge in [-0.1, -0.05) is 0 Å². The second-order valence-corrected chi connectivity index (χ2v) is 8.51. The number of thiazole rings is 1. The highest BCUT2D eigenvalue weighted by atomic mass is 32.1. The summed E-state index contributed by atoms with van der Waals surface area (Å²) >= 11 is 1.73. The molecule has 1 atom stereocenters. The largest absolute Gasteiger partial charge is 0.381 e. The topological polar surface area (TPSA) is 45.7 Å². The molecule has 0 saturated carbocycles. The molecule has 132 valence electrons. The predicted molar refractivity (Wildman–Crippen MR) is 94.0 cm³/mol. The molecule has 3 aliphatic rings. The Morgan fingerprint density at radius 3 is 2.92 bits per heavy atom. The van der Waals surface area contributed by atoms with E-state index in [0.29, 0.717) is 11.9 Å². The van der Waals surface area contributed by atoms with Crippen LogP contribution in [-0.2, 0) is 16.1 Å². The van der Waals surface area contributed by atoms with Gasteiger partial charge in [0.2, 0.25) is 5.91 Å². The summed E-state index contributed by atoms with van der Waals surface area (Å²) in [7, 11) is 0. The van der Waals surface area contributed by atoms with E-state index in [1.54, 1.807) is 11.3 Å². The van der Waals surface area contributed by atoms with E-state index in [9.17, 15) is 4.79 Å². The van der Waals surface area contributed by atoms with Gasteiger partial charge in [0, 0.05) is 43.4 Å². The smallest absolute Gasteiger partial charge is 0.230 e. The Balaban J connectivity index is 1.43. The van der Waals surface area contributed by atoms with E-state index in [4.69, 9.17) is 4.74 Å². The number of amides is 1. The molecule has 4 heterocycles. The van der Waals surface area contributed by atoms with E-state index in [1.165, 1.54) is 5.01 Å². The normalized spacial score (nSPS) is 29.7. The highest BCUT2D eigenvalue weighted by Crippen LogP contribution is 2.41. The van der Waals surface area contributed by atoms with Crippen molar-refractivity contribution in [2.75, 3.05) is 32.8 Å². The van der Waals surface area contributed by atoms with Crippen LogP contribution in [0.1, 0.15) is 42.8 Å². The molecule has 1 spiro atoms. The van der Waals surface area contributed by atoms with Crippen molar-refractivity contribution in [1.82, 2.24) is 14.8 Å². The second kappa shape index (κ2) is 6.73. The van der Waals surface area contributed by atoms with E-state index in [-0.39, 0.29) is 5.41 Å². The van der Waals surface area contributed by atoms with Gasteiger partial charge < -0.3 is 9.64 Å². The molecule has 24 heavy (non-hydrogen) atoms. The number of nitrogens with zero attached hydrogens (tertiary/aromatic N) is 3. The SMILES string of the molecule is Cc1csc(CN2CCC3(CCCN(C4CCOCC4)C3=O)C2)n1. The average Bonchev–Trinajstić information content (AvgIpc) is 3.19. The second-order valence-electron chi connectivity index (χ2n) is 7.57. The summed E-state index contributed by atoms with van der Waals surface area (Å²) in [6, 6.07) is 0.402. The minimum absolute atomic E-state index is 0.136. The zero-order chi connectivity index (χ0) is 16.6. The molecule has 0 bridgehead atoms. The lowest BCUT2D eigenvalue weighted by Gasteiger charge is -2.44. The maximum absolute atomic E-state index is 13.3. The maximum atomic E-state index is 13.3. The van der Waals surface area contributed by atoms with Crippen LogP contribution in [0, 0.1) is 12.3 Å². The van der Waals surface area contributed by atoms with Crippen LogP contribution in [0.5, 0.6) is 0 Å². The molecule has 1 unspecified atom stereocenters. The third kappa shape index (κ3) is 3.11. The number of hydrogen-bond donors (Lipinski definition) is 0. The van der Waals surface area contributed by atoms with E-state index in [2.05, 4.69) is 20.2 Å². The Kier molecular flexibility index (Phi) is 4.62. The lowest BCUT2D eigenvalue weighted by atomic mass is 9.77. The van der Waals surface area contributed by atoms with Crippen LogP contribution in [-0.4, -0.2) is 59.6 Å². The Bertz CT molecular complexity index is 599.